The van der Waals surface area contributed by atoms with Gasteiger partial charge in [-0.05, 0) is 57.9 Å². The lowest BCUT2D eigenvalue weighted by Crippen LogP contribution is -2.39. The third-order valence-corrected chi connectivity index (χ3v) is 9.55. The van der Waals surface area contributed by atoms with E-state index < -0.39 is 12.3 Å². The Balaban J connectivity index is 1.16. The Labute approximate surface area is 312 Å². The van der Waals surface area contributed by atoms with Crippen molar-refractivity contribution in [2.75, 3.05) is 6.54 Å². The molecule has 8 nitrogen and oxygen atoms in total. The second-order valence-electron chi connectivity index (χ2n) is 13.7. The minimum absolute atomic E-state index is 0.00578. The van der Waals surface area contributed by atoms with E-state index in [2.05, 4.69) is 95.1 Å². The molecule has 8 heteroatoms. The van der Waals surface area contributed by atoms with Crippen LogP contribution >= 0.6 is 0 Å². The van der Waals surface area contributed by atoms with E-state index in [-0.39, 0.29) is 31.1 Å². The first kappa shape index (κ1) is 37.6. The number of carbonyl (C=O) groups is 2. The predicted octanol–water partition coefficient (Wildman–Crippen LogP) is 8.35. The van der Waals surface area contributed by atoms with Gasteiger partial charge in [-0.15, -0.1) is 0 Å². The number of aliphatic hydroxyl groups is 1. The molecule has 274 valence electrons. The molecule has 0 radical (unpaired) electrons. The van der Waals surface area contributed by atoms with Crippen molar-refractivity contribution in [1.82, 2.24) is 10.2 Å². The maximum atomic E-state index is 12.3. The van der Waals surface area contributed by atoms with Gasteiger partial charge in [0.15, 0.2) is 6.29 Å². The number of carboxylic acids is 1. The van der Waals surface area contributed by atoms with Crippen molar-refractivity contribution >= 4 is 11.9 Å². The first-order chi connectivity index (χ1) is 25.9. The van der Waals surface area contributed by atoms with Crippen LogP contribution in [0.3, 0.4) is 0 Å². The minimum Gasteiger partial charge on any atom is -0.481 e. The highest BCUT2D eigenvalue weighted by molar-refractivity contribution is 5.76. The van der Waals surface area contributed by atoms with Gasteiger partial charge in [0.25, 0.3) is 0 Å². The molecule has 0 aliphatic carbocycles. The molecule has 0 saturated carbocycles. The van der Waals surface area contributed by atoms with E-state index >= 15 is 0 Å². The van der Waals surface area contributed by atoms with Crippen molar-refractivity contribution in [2.45, 2.75) is 76.8 Å². The lowest BCUT2D eigenvalue weighted by atomic mass is 9.98. The average molecular weight is 713 g/mol. The number of carboxylic acid groups (broad SMARTS) is 1. The SMILES string of the molecule is O=C(O)CCCCC(=O)NCc1cccc(-c2ccc([C@@H]3O[C@H](CN(Cc4ccccc4)Cc4ccccc4)C[C@H](c4ccc(CO)cc4)O3)cc2)c1. The fraction of sp³-hybridized carbons (Fsp3) is 0.289. The molecular weight excluding hydrogens is 665 g/mol. The molecule has 0 unspecified atom stereocenters. The highest BCUT2D eigenvalue weighted by Crippen LogP contribution is 2.39. The van der Waals surface area contributed by atoms with Crippen molar-refractivity contribution in [2.24, 2.45) is 0 Å². The van der Waals surface area contributed by atoms with Crippen molar-refractivity contribution in [3.8, 4) is 11.1 Å². The van der Waals surface area contributed by atoms with Crippen LogP contribution in [-0.2, 0) is 45.3 Å². The zero-order valence-corrected chi connectivity index (χ0v) is 30.0. The van der Waals surface area contributed by atoms with E-state index in [0.717, 1.165) is 53.0 Å². The molecule has 1 amide bonds. The molecule has 5 aromatic rings. The first-order valence-corrected chi connectivity index (χ1v) is 18.4. The van der Waals surface area contributed by atoms with Gasteiger partial charge in [-0.3, -0.25) is 14.5 Å². The summed E-state index contributed by atoms with van der Waals surface area (Å²) in [6, 6.07) is 45.4. The molecule has 1 heterocycles. The Morgan fingerprint density at radius 2 is 1.28 bits per heavy atom. The summed E-state index contributed by atoms with van der Waals surface area (Å²) < 4.78 is 13.4. The third-order valence-electron chi connectivity index (χ3n) is 9.55. The Bertz CT molecular complexity index is 1840. The van der Waals surface area contributed by atoms with Gasteiger partial charge >= 0.3 is 5.97 Å². The molecule has 1 aliphatic heterocycles. The van der Waals surface area contributed by atoms with Crippen LogP contribution in [0.15, 0.2) is 133 Å². The Morgan fingerprint density at radius 1 is 0.660 bits per heavy atom. The summed E-state index contributed by atoms with van der Waals surface area (Å²) in [5, 5.41) is 21.4. The van der Waals surface area contributed by atoms with Gasteiger partial charge in [0.2, 0.25) is 5.91 Å². The Kier molecular flexibility index (Phi) is 13.6. The van der Waals surface area contributed by atoms with E-state index in [1.54, 1.807) is 0 Å². The molecule has 0 aromatic heterocycles. The number of ether oxygens (including phenoxy) is 2. The third kappa shape index (κ3) is 11.4. The molecule has 1 saturated heterocycles. The molecule has 6 rings (SSSR count). The van der Waals surface area contributed by atoms with Gasteiger partial charge in [0, 0.05) is 51.0 Å². The van der Waals surface area contributed by atoms with Crippen molar-refractivity contribution in [3.05, 3.63) is 167 Å². The Morgan fingerprint density at radius 3 is 1.92 bits per heavy atom. The average Bonchev–Trinajstić information content (AvgIpc) is 3.19. The van der Waals surface area contributed by atoms with Gasteiger partial charge in [-0.2, -0.15) is 0 Å². The fourth-order valence-corrected chi connectivity index (χ4v) is 6.73. The summed E-state index contributed by atoms with van der Waals surface area (Å²) >= 11 is 0. The largest absolute Gasteiger partial charge is 0.481 e. The van der Waals surface area contributed by atoms with Gasteiger partial charge in [-0.25, -0.2) is 0 Å². The normalized spacial score (nSPS) is 17.1. The molecule has 5 aromatic carbocycles. The quantitative estimate of drug-likeness (QED) is 0.0832. The highest BCUT2D eigenvalue weighted by atomic mass is 16.7. The number of hydrogen-bond donors (Lipinski definition) is 3. The second kappa shape index (κ2) is 19.1. The lowest BCUT2D eigenvalue weighted by molar-refractivity contribution is -0.253. The van der Waals surface area contributed by atoms with E-state index in [1.165, 1.54) is 11.1 Å². The summed E-state index contributed by atoms with van der Waals surface area (Å²) in [4.78, 5) is 25.5. The summed E-state index contributed by atoms with van der Waals surface area (Å²) in [5.74, 6) is -0.921. The van der Waals surface area contributed by atoms with Gasteiger partial charge in [0.1, 0.15) is 0 Å². The van der Waals surface area contributed by atoms with Crippen LogP contribution in [0.1, 0.15) is 77.9 Å². The number of aliphatic hydroxyl groups excluding tert-OH is 1. The second-order valence-corrected chi connectivity index (χ2v) is 13.7. The molecule has 1 aliphatic rings. The molecule has 1 fully saturated rings. The van der Waals surface area contributed by atoms with Crippen LogP contribution in [0, 0.1) is 0 Å². The zero-order valence-electron chi connectivity index (χ0n) is 30.0. The van der Waals surface area contributed by atoms with Crippen molar-refractivity contribution in [1.29, 1.82) is 0 Å². The molecule has 0 bridgehead atoms. The van der Waals surface area contributed by atoms with Crippen molar-refractivity contribution < 1.29 is 29.3 Å². The number of nitrogens with zero attached hydrogens (tertiary/aromatic N) is 1. The van der Waals surface area contributed by atoms with Crippen LogP contribution in [0.2, 0.25) is 0 Å². The van der Waals surface area contributed by atoms with E-state index in [9.17, 15) is 14.7 Å². The number of aliphatic carboxylic acids is 1. The smallest absolute Gasteiger partial charge is 0.303 e. The predicted molar refractivity (Wildman–Crippen MR) is 205 cm³/mol. The number of rotatable bonds is 17. The summed E-state index contributed by atoms with van der Waals surface area (Å²) in [6.07, 6.45) is 1.26. The number of carbonyl (C=O) groups excluding carboxylic acids is 1. The zero-order chi connectivity index (χ0) is 36.8. The maximum absolute atomic E-state index is 12.3. The monoisotopic (exact) mass is 712 g/mol. The molecule has 3 N–H and O–H groups in total. The number of unbranched alkanes of at least 4 members (excludes halogenated alkanes) is 1. The molecular formula is C45H48N2O6. The topological polar surface area (TPSA) is 108 Å². The van der Waals surface area contributed by atoms with Crippen LogP contribution < -0.4 is 5.32 Å². The number of hydrogen-bond acceptors (Lipinski definition) is 6. The van der Waals surface area contributed by atoms with Gasteiger partial charge in [-0.1, -0.05) is 127 Å². The van der Waals surface area contributed by atoms with Crippen LogP contribution in [-0.4, -0.2) is 39.6 Å². The molecule has 0 spiro atoms. The van der Waals surface area contributed by atoms with Crippen LogP contribution in [0.5, 0.6) is 0 Å². The summed E-state index contributed by atoms with van der Waals surface area (Å²) in [7, 11) is 0. The van der Waals surface area contributed by atoms with E-state index in [0.29, 0.717) is 32.2 Å². The fourth-order valence-electron chi connectivity index (χ4n) is 6.73. The molecule has 3 atom stereocenters. The standard InChI is InChI=1S/C45H48N2O6/c48-32-35-18-20-38(21-19-35)42-27-41(31-47(29-33-10-3-1-4-11-33)30-34-12-5-2-6-13-34)52-45(53-42)39-24-22-37(23-25-39)40-15-9-14-36(26-40)28-46-43(49)16-7-8-17-44(50)51/h1-6,9-15,18-26,41-42,45,48H,7-8,16-17,27-32H2,(H,46,49)(H,50,51)/t41-,42+,45+/m0/s1. The van der Waals surface area contributed by atoms with Gasteiger partial charge in [0.05, 0.1) is 18.8 Å². The summed E-state index contributed by atoms with van der Waals surface area (Å²) in [5.41, 5.74) is 8.40. The van der Waals surface area contributed by atoms with Crippen molar-refractivity contribution in [3.63, 3.8) is 0 Å². The highest BCUT2D eigenvalue weighted by Gasteiger charge is 2.33. The van der Waals surface area contributed by atoms with E-state index in [1.807, 2.05) is 48.5 Å². The first-order valence-electron chi connectivity index (χ1n) is 18.4. The van der Waals surface area contributed by atoms with Crippen LogP contribution in [0.25, 0.3) is 11.1 Å². The minimum atomic E-state index is -0.840. The lowest BCUT2D eigenvalue weighted by Gasteiger charge is -2.38. The van der Waals surface area contributed by atoms with E-state index in [4.69, 9.17) is 14.6 Å². The maximum Gasteiger partial charge on any atom is 0.303 e. The Hall–Kier alpha value is -5.12. The summed E-state index contributed by atoms with van der Waals surface area (Å²) in [6.45, 7) is 2.70. The molecule has 53 heavy (non-hydrogen) atoms. The van der Waals surface area contributed by atoms with Crippen LogP contribution in [0.4, 0.5) is 0 Å². The number of amides is 1. The number of benzene rings is 5. The number of nitrogens with one attached hydrogen (secondary N) is 1. The van der Waals surface area contributed by atoms with Gasteiger partial charge < -0.3 is 25.0 Å².